The van der Waals surface area contributed by atoms with Crippen LogP contribution in [0.25, 0.3) is 11.8 Å². The standard InChI is InChI=1S/C15H15NO/c1-17-15(12-7-3-2-4-8-12)11-13-9-5-6-10-14(13)16/h2-11H,16H2,1H3. The molecule has 2 nitrogen and oxygen atoms in total. The minimum Gasteiger partial charge on any atom is -0.496 e. The van der Waals surface area contributed by atoms with Gasteiger partial charge in [0.25, 0.3) is 0 Å². The monoisotopic (exact) mass is 225 g/mol. The number of hydrogen-bond acceptors (Lipinski definition) is 2. The van der Waals surface area contributed by atoms with Gasteiger partial charge in [-0.15, -0.1) is 0 Å². The fourth-order valence-corrected chi connectivity index (χ4v) is 1.65. The van der Waals surface area contributed by atoms with Crippen LogP contribution in [-0.2, 0) is 4.74 Å². The van der Waals surface area contributed by atoms with Gasteiger partial charge in [-0.1, -0.05) is 48.5 Å². The zero-order valence-electron chi connectivity index (χ0n) is 9.76. The van der Waals surface area contributed by atoms with Crippen molar-refractivity contribution in [3.8, 4) is 0 Å². The summed E-state index contributed by atoms with van der Waals surface area (Å²) >= 11 is 0. The molecule has 0 atom stereocenters. The van der Waals surface area contributed by atoms with Crippen LogP contribution in [0.1, 0.15) is 11.1 Å². The lowest BCUT2D eigenvalue weighted by molar-refractivity contribution is 0.372. The quantitative estimate of drug-likeness (QED) is 0.493. The van der Waals surface area contributed by atoms with Gasteiger partial charge >= 0.3 is 0 Å². The summed E-state index contributed by atoms with van der Waals surface area (Å²) in [6, 6.07) is 17.7. The number of nitrogen functional groups attached to an aromatic ring is 1. The molecule has 2 heteroatoms. The van der Waals surface area contributed by atoms with E-state index in [1.165, 1.54) is 0 Å². The first-order chi connectivity index (χ1) is 8.31. The van der Waals surface area contributed by atoms with Crippen LogP contribution >= 0.6 is 0 Å². The highest BCUT2D eigenvalue weighted by molar-refractivity contribution is 5.81. The number of anilines is 1. The summed E-state index contributed by atoms with van der Waals surface area (Å²) in [5, 5.41) is 0. The lowest BCUT2D eigenvalue weighted by Crippen LogP contribution is -1.91. The average Bonchev–Trinajstić information content (AvgIpc) is 2.39. The summed E-state index contributed by atoms with van der Waals surface area (Å²) < 4.78 is 5.40. The summed E-state index contributed by atoms with van der Waals surface area (Å²) in [6.07, 6.45) is 1.95. The number of rotatable bonds is 3. The Kier molecular flexibility index (Phi) is 3.46. The predicted octanol–water partition coefficient (Wildman–Crippen LogP) is 3.41. The van der Waals surface area contributed by atoms with Crippen molar-refractivity contribution in [2.45, 2.75) is 0 Å². The normalized spacial score (nSPS) is 11.2. The highest BCUT2D eigenvalue weighted by Gasteiger charge is 2.02. The van der Waals surface area contributed by atoms with Crippen LogP contribution in [0.3, 0.4) is 0 Å². The fourth-order valence-electron chi connectivity index (χ4n) is 1.65. The minimum absolute atomic E-state index is 0.748. The maximum atomic E-state index is 5.90. The summed E-state index contributed by atoms with van der Waals surface area (Å²) in [5.41, 5.74) is 8.66. The van der Waals surface area contributed by atoms with Crippen molar-refractivity contribution in [2.24, 2.45) is 0 Å². The number of nitrogens with two attached hydrogens (primary N) is 1. The Balaban J connectivity index is 2.40. The van der Waals surface area contributed by atoms with Crippen molar-refractivity contribution in [3.63, 3.8) is 0 Å². The van der Waals surface area contributed by atoms with Gasteiger partial charge in [0.05, 0.1) is 7.11 Å². The highest BCUT2D eigenvalue weighted by atomic mass is 16.5. The van der Waals surface area contributed by atoms with Crippen molar-refractivity contribution in [2.75, 3.05) is 12.8 Å². The second-order valence-electron chi connectivity index (χ2n) is 3.71. The Labute approximate surface area is 101 Å². The molecule has 0 aromatic heterocycles. The van der Waals surface area contributed by atoms with E-state index in [0.717, 1.165) is 22.6 Å². The van der Waals surface area contributed by atoms with E-state index in [4.69, 9.17) is 10.5 Å². The Morgan fingerprint density at radius 1 is 1.00 bits per heavy atom. The first-order valence-electron chi connectivity index (χ1n) is 5.47. The van der Waals surface area contributed by atoms with Gasteiger partial charge in [0.2, 0.25) is 0 Å². The van der Waals surface area contributed by atoms with E-state index in [0.29, 0.717) is 0 Å². The lowest BCUT2D eigenvalue weighted by atomic mass is 10.1. The Hall–Kier alpha value is -2.22. The maximum Gasteiger partial charge on any atom is 0.126 e. The van der Waals surface area contributed by atoms with Crippen LogP contribution in [0, 0.1) is 0 Å². The van der Waals surface area contributed by atoms with Gasteiger partial charge in [0, 0.05) is 16.8 Å². The number of ether oxygens (including phenoxy) is 1. The molecule has 0 heterocycles. The molecular weight excluding hydrogens is 210 g/mol. The van der Waals surface area contributed by atoms with E-state index < -0.39 is 0 Å². The van der Waals surface area contributed by atoms with Crippen LogP contribution in [0.4, 0.5) is 5.69 Å². The Morgan fingerprint density at radius 3 is 2.29 bits per heavy atom. The molecule has 2 aromatic carbocycles. The maximum absolute atomic E-state index is 5.90. The third kappa shape index (κ3) is 2.67. The molecule has 0 spiro atoms. The van der Waals surface area contributed by atoms with Gasteiger partial charge in [0.1, 0.15) is 5.76 Å². The number of hydrogen-bond donors (Lipinski definition) is 1. The molecule has 2 rings (SSSR count). The topological polar surface area (TPSA) is 35.2 Å². The zero-order valence-corrected chi connectivity index (χ0v) is 9.76. The van der Waals surface area contributed by atoms with Crippen LogP contribution in [0.5, 0.6) is 0 Å². The summed E-state index contributed by atoms with van der Waals surface area (Å²) in [6.45, 7) is 0. The van der Waals surface area contributed by atoms with E-state index in [2.05, 4.69) is 0 Å². The molecule has 86 valence electrons. The van der Waals surface area contributed by atoms with E-state index >= 15 is 0 Å². The molecule has 0 unspecified atom stereocenters. The Morgan fingerprint density at radius 2 is 1.65 bits per heavy atom. The summed E-state index contributed by atoms with van der Waals surface area (Å²) in [5.74, 6) is 0.809. The van der Waals surface area contributed by atoms with Gasteiger partial charge in [-0.25, -0.2) is 0 Å². The SMILES string of the molecule is COC(=Cc1ccccc1N)c1ccccc1. The van der Waals surface area contributed by atoms with Crippen LogP contribution < -0.4 is 5.73 Å². The first kappa shape index (κ1) is 11.3. The van der Waals surface area contributed by atoms with E-state index in [9.17, 15) is 0 Å². The van der Waals surface area contributed by atoms with E-state index in [1.54, 1.807) is 7.11 Å². The highest BCUT2D eigenvalue weighted by Crippen LogP contribution is 2.21. The van der Waals surface area contributed by atoms with Crippen LogP contribution in [-0.4, -0.2) is 7.11 Å². The number of methoxy groups -OCH3 is 1. The molecule has 0 saturated carbocycles. The van der Waals surface area contributed by atoms with Gasteiger partial charge < -0.3 is 10.5 Å². The van der Waals surface area contributed by atoms with Crippen molar-refractivity contribution in [1.82, 2.24) is 0 Å². The molecule has 0 aliphatic rings. The predicted molar refractivity (Wildman–Crippen MR) is 72.2 cm³/mol. The molecule has 0 bridgehead atoms. The van der Waals surface area contributed by atoms with Crippen LogP contribution in [0.2, 0.25) is 0 Å². The first-order valence-corrected chi connectivity index (χ1v) is 5.47. The molecule has 2 aromatic rings. The second-order valence-corrected chi connectivity index (χ2v) is 3.71. The molecular formula is C15H15NO. The average molecular weight is 225 g/mol. The molecule has 0 saturated heterocycles. The zero-order chi connectivity index (χ0) is 12.1. The van der Waals surface area contributed by atoms with Crippen molar-refractivity contribution >= 4 is 17.5 Å². The van der Waals surface area contributed by atoms with Crippen molar-refractivity contribution < 1.29 is 4.74 Å². The van der Waals surface area contributed by atoms with Gasteiger partial charge in [0.15, 0.2) is 0 Å². The molecule has 0 fully saturated rings. The molecule has 0 radical (unpaired) electrons. The Bertz CT molecular complexity index is 517. The minimum atomic E-state index is 0.748. The van der Waals surface area contributed by atoms with Gasteiger partial charge in [-0.05, 0) is 12.1 Å². The number of para-hydroxylation sites is 1. The van der Waals surface area contributed by atoms with Gasteiger partial charge in [-0.2, -0.15) is 0 Å². The molecule has 2 N–H and O–H groups in total. The third-order valence-corrected chi connectivity index (χ3v) is 2.56. The smallest absolute Gasteiger partial charge is 0.126 e. The van der Waals surface area contributed by atoms with Gasteiger partial charge in [-0.3, -0.25) is 0 Å². The number of benzene rings is 2. The molecule has 0 aliphatic heterocycles. The molecule has 0 amide bonds. The van der Waals surface area contributed by atoms with E-state index in [-0.39, 0.29) is 0 Å². The largest absolute Gasteiger partial charge is 0.496 e. The second kappa shape index (κ2) is 5.21. The van der Waals surface area contributed by atoms with E-state index in [1.807, 2.05) is 60.7 Å². The third-order valence-electron chi connectivity index (χ3n) is 2.56. The molecule has 17 heavy (non-hydrogen) atoms. The van der Waals surface area contributed by atoms with Crippen LogP contribution in [0.15, 0.2) is 54.6 Å². The summed E-state index contributed by atoms with van der Waals surface area (Å²) in [4.78, 5) is 0. The lowest BCUT2D eigenvalue weighted by Gasteiger charge is -2.07. The summed E-state index contributed by atoms with van der Waals surface area (Å²) in [7, 11) is 1.66. The fraction of sp³-hybridized carbons (Fsp3) is 0.0667. The van der Waals surface area contributed by atoms with Crippen molar-refractivity contribution in [1.29, 1.82) is 0 Å². The molecule has 0 aliphatic carbocycles. The van der Waals surface area contributed by atoms with Crippen molar-refractivity contribution in [3.05, 3.63) is 65.7 Å².